The van der Waals surface area contributed by atoms with Gasteiger partial charge in [0.25, 0.3) is 0 Å². The van der Waals surface area contributed by atoms with Gasteiger partial charge in [0.15, 0.2) is 0 Å². The molecular weight excluding hydrogens is 246 g/mol. The van der Waals surface area contributed by atoms with Crippen molar-refractivity contribution in [3.05, 3.63) is 34.5 Å². The Kier molecular flexibility index (Phi) is 4.38. The summed E-state index contributed by atoms with van der Waals surface area (Å²) in [4.78, 5) is 5.52. The van der Waals surface area contributed by atoms with Gasteiger partial charge in [-0.2, -0.15) is 0 Å². The summed E-state index contributed by atoms with van der Waals surface area (Å²) in [7, 11) is 1.67. The lowest BCUT2D eigenvalue weighted by Gasteiger charge is -2.11. The van der Waals surface area contributed by atoms with E-state index in [0.717, 1.165) is 35.8 Å². The molecule has 0 bridgehead atoms. The van der Waals surface area contributed by atoms with Gasteiger partial charge in [-0.25, -0.2) is 4.98 Å². The van der Waals surface area contributed by atoms with Crippen LogP contribution >= 0.6 is 11.3 Å². The van der Waals surface area contributed by atoms with E-state index in [1.54, 1.807) is 18.4 Å². The quantitative estimate of drug-likeness (QED) is 0.873. The van der Waals surface area contributed by atoms with Crippen LogP contribution in [0.1, 0.15) is 30.1 Å². The number of ether oxygens (including phenoxy) is 1. The molecule has 0 aliphatic carbocycles. The lowest BCUT2D eigenvalue weighted by atomic mass is 10.2. The van der Waals surface area contributed by atoms with E-state index in [9.17, 15) is 0 Å². The Morgan fingerprint density at radius 2 is 2.39 bits per heavy atom. The van der Waals surface area contributed by atoms with Crippen molar-refractivity contribution in [1.29, 1.82) is 0 Å². The Hall–Kier alpha value is -1.33. The molecule has 2 aromatic heterocycles. The fraction of sp³-hybridized carbons (Fsp3) is 0.462. The second-order valence-corrected chi connectivity index (χ2v) is 5.18. The number of nitrogens with zero attached hydrogens (tertiary/aromatic N) is 2. The Balaban J connectivity index is 2.06. The number of methoxy groups -OCH3 is 1. The van der Waals surface area contributed by atoms with Crippen molar-refractivity contribution in [2.75, 3.05) is 7.11 Å². The number of thiophene rings is 1. The van der Waals surface area contributed by atoms with E-state index in [-0.39, 0.29) is 6.04 Å². The van der Waals surface area contributed by atoms with Gasteiger partial charge in [-0.15, -0.1) is 11.3 Å². The SMILES string of the molecule is CCCn1ccnc1CC(N)c1cc(OC)cs1. The van der Waals surface area contributed by atoms with Gasteiger partial charge in [0.2, 0.25) is 0 Å². The van der Waals surface area contributed by atoms with E-state index in [0.29, 0.717) is 0 Å². The summed E-state index contributed by atoms with van der Waals surface area (Å²) in [5.74, 6) is 1.93. The monoisotopic (exact) mass is 265 g/mol. The first kappa shape index (κ1) is 13.1. The first-order valence-corrected chi connectivity index (χ1v) is 7.00. The van der Waals surface area contributed by atoms with Gasteiger partial charge in [-0.1, -0.05) is 6.92 Å². The maximum Gasteiger partial charge on any atom is 0.129 e. The highest BCUT2D eigenvalue weighted by molar-refractivity contribution is 7.10. The molecule has 0 amide bonds. The van der Waals surface area contributed by atoms with Crippen LogP contribution < -0.4 is 10.5 Å². The molecule has 5 heteroatoms. The normalized spacial score (nSPS) is 12.6. The predicted molar refractivity (Wildman–Crippen MR) is 74.0 cm³/mol. The van der Waals surface area contributed by atoms with Crippen molar-refractivity contribution >= 4 is 11.3 Å². The molecule has 2 rings (SSSR count). The number of hydrogen-bond donors (Lipinski definition) is 1. The number of nitrogens with two attached hydrogens (primary N) is 1. The molecule has 0 aliphatic heterocycles. The standard InChI is InChI=1S/C13H19N3OS/c1-3-5-16-6-4-15-13(16)8-11(14)12-7-10(17-2)9-18-12/h4,6-7,9,11H,3,5,8,14H2,1-2H3. The Morgan fingerprint density at radius 1 is 1.56 bits per heavy atom. The Bertz CT molecular complexity index is 492. The smallest absolute Gasteiger partial charge is 0.129 e. The van der Waals surface area contributed by atoms with E-state index in [1.165, 1.54) is 0 Å². The topological polar surface area (TPSA) is 53.1 Å². The summed E-state index contributed by atoms with van der Waals surface area (Å²) in [5.41, 5.74) is 6.22. The molecule has 1 unspecified atom stereocenters. The van der Waals surface area contributed by atoms with E-state index in [4.69, 9.17) is 10.5 Å². The van der Waals surface area contributed by atoms with Gasteiger partial charge in [0, 0.05) is 41.7 Å². The summed E-state index contributed by atoms with van der Waals surface area (Å²) < 4.78 is 7.35. The molecule has 4 nitrogen and oxygen atoms in total. The van der Waals surface area contributed by atoms with Crippen LogP contribution in [0.25, 0.3) is 0 Å². The summed E-state index contributed by atoms with van der Waals surface area (Å²) in [5, 5.41) is 1.98. The fourth-order valence-corrected chi connectivity index (χ4v) is 2.77. The van der Waals surface area contributed by atoms with Crippen molar-refractivity contribution in [3.63, 3.8) is 0 Å². The van der Waals surface area contributed by atoms with Crippen molar-refractivity contribution in [3.8, 4) is 5.75 Å². The number of rotatable bonds is 6. The maximum absolute atomic E-state index is 6.22. The van der Waals surface area contributed by atoms with Crippen LogP contribution in [0.3, 0.4) is 0 Å². The minimum Gasteiger partial charge on any atom is -0.496 e. The van der Waals surface area contributed by atoms with Gasteiger partial charge in [-0.05, 0) is 12.5 Å². The summed E-state index contributed by atoms with van der Waals surface area (Å²) in [6, 6.07) is 1.99. The van der Waals surface area contributed by atoms with Crippen molar-refractivity contribution in [1.82, 2.24) is 9.55 Å². The van der Waals surface area contributed by atoms with Gasteiger partial charge >= 0.3 is 0 Å². The predicted octanol–water partition coefficient (Wildman–Crippen LogP) is 2.61. The van der Waals surface area contributed by atoms with Crippen LogP contribution in [0.4, 0.5) is 0 Å². The zero-order valence-electron chi connectivity index (χ0n) is 10.8. The Labute approximate surface area is 111 Å². The largest absolute Gasteiger partial charge is 0.496 e. The number of imidazole rings is 1. The third-order valence-corrected chi connectivity index (χ3v) is 3.91. The van der Waals surface area contributed by atoms with E-state index in [1.807, 2.05) is 23.8 Å². The summed E-state index contributed by atoms with van der Waals surface area (Å²) in [6.07, 6.45) is 5.72. The molecule has 98 valence electrons. The summed E-state index contributed by atoms with van der Waals surface area (Å²) >= 11 is 1.64. The second kappa shape index (κ2) is 6.02. The molecule has 0 radical (unpaired) electrons. The molecule has 0 aliphatic rings. The third kappa shape index (κ3) is 2.91. The first-order valence-electron chi connectivity index (χ1n) is 6.12. The summed E-state index contributed by atoms with van der Waals surface area (Å²) in [6.45, 7) is 3.16. The van der Waals surface area contributed by atoms with Crippen LogP contribution in [0, 0.1) is 0 Å². The number of aryl methyl sites for hydroxylation is 1. The Morgan fingerprint density at radius 3 is 3.06 bits per heavy atom. The lowest BCUT2D eigenvalue weighted by Crippen LogP contribution is -2.15. The average Bonchev–Trinajstić information content (AvgIpc) is 2.99. The van der Waals surface area contributed by atoms with Crippen LogP contribution in [0.5, 0.6) is 5.75 Å². The van der Waals surface area contributed by atoms with Gasteiger partial charge < -0.3 is 15.0 Å². The molecule has 1 atom stereocenters. The molecule has 2 heterocycles. The van der Waals surface area contributed by atoms with Crippen LogP contribution in [0.15, 0.2) is 23.8 Å². The van der Waals surface area contributed by atoms with Crippen molar-refractivity contribution < 1.29 is 4.74 Å². The number of hydrogen-bond acceptors (Lipinski definition) is 4. The van der Waals surface area contributed by atoms with E-state index < -0.39 is 0 Å². The molecular formula is C13H19N3OS. The molecule has 0 spiro atoms. The van der Waals surface area contributed by atoms with Crippen molar-refractivity contribution in [2.45, 2.75) is 32.4 Å². The van der Waals surface area contributed by atoms with Gasteiger partial charge in [0.05, 0.1) is 7.11 Å². The highest BCUT2D eigenvalue weighted by Crippen LogP contribution is 2.27. The van der Waals surface area contributed by atoms with E-state index in [2.05, 4.69) is 16.5 Å². The van der Waals surface area contributed by atoms with Crippen LogP contribution in [-0.2, 0) is 13.0 Å². The minimum atomic E-state index is -0.0168. The molecule has 18 heavy (non-hydrogen) atoms. The number of aromatic nitrogens is 2. The van der Waals surface area contributed by atoms with Crippen LogP contribution in [0.2, 0.25) is 0 Å². The fourth-order valence-electron chi connectivity index (χ4n) is 1.91. The third-order valence-electron chi connectivity index (χ3n) is 2.87. The van der Waals surface area contributed by atoms with E-state index >= 15 is 0 Å². The highest BCUT2D eigenvalue weighted by Gasteiger charge is 2.13. The van der Waals surface area contributed by atoms with Crippen molar-refractivity contribution in [2.24, 2.45) is 5.73 Å². The van der Waals surface area contributed by atoms with Gasteiger partial charge in [0.1, 0.15) is 11.6 Å². The first-order chi connectivity index (χ1) is 8.74. The zero-order valence-corrected chi connectivity index (χ0v) is 11.6. The van der Waals surface area contributed by atoms with Crippen LogP contribution in [-0.4, -0.2) is 16.7 Å². The minimum absolute atomic E-state index is 0.0168. The zero-order chi connectivity index (χ0) is 13.0. The molecule has 0 saturated carbocycles. The maximum atomic E-state index is 6.22. The lowest BCUT2D eigenvalue weighted by molar-refractivity contribution is 0.416. The molecule has 0 fully saturated rings. The molecule has 0 saturated heterocycles. The molecule has 2 N–H and O–H groups in total. The second-order valence-electron chi connectivity index (χ2n) is 4.24. The average molecular weight is 265 g/mol. The molecule has 0 aromatic carbocycles. The van der Waals surface area contributed by atoms with Gasteiger partial charge in [-0.3, -0.25) is 0 Å². The highest BCUT2D eigenvalue weighted by atomic mass is 32.1. The molecule has 2 aromatic rings.